The zero-order valence-electron chi connectivity index (χ0n) is 10.7. The largest absolute Gasteiger partial charge is 0.472 e. The number of hydrogen-bond donors (Lipinski definition) is 1. The van der Waals surface area contributed by atoms with E-state index in [0.717, 1.165) is 11.1 Å². The third-order valence-corrected chi connectivity index (χ3v) is 3.15. The Bertz CT molecular complexity index is 595. The van der Waals surface area contributed by atoms with Crippen LogP contribution in [0, 0.1) is 6.92 Å². The summed E-state index contributed by atoms with van der Waals surface area (Å²) in [6, 6.07) is 7.34. The van der Waals surface area contributed by atoms with Crippen molar-refractivity contribution >= 4 is 22.1 Å². The minimum atomic E-state index is -0.191. The molecule has 6 heteroatoms. The van der Waals surface area contributed by atoms with Gasteiger partial charge in [0.05, 0.1) is 0 Å². The lowest BCUT2D eigenvalue weighted by molar-refractivity contribution is 0.0984. The van der Waals surface area contributed by atoms with Crippen LogP contribution in [0.25, 0.3) is 0 Å². The number of aromatic nitrogens is 2. The molecule has 5 nitrogen and oxygen atoms in total. The fraction of sp³-hybridized carbons (Fsp3) is 0.231. The Balaban J connectivity index is 2.21. The van der Waals surface area contributed by atoms with Crippen molar-refractivity contribution in [3.05, 3.63) is 47.2 Å². The lowest BCUT2D eigenvalue weighted by Gasteiger charge is -2.11. The van der Waals surface area contributed by atoms with E-state index in [1.165, 1.54) is 0 Å². The molecule has 1 N–H and O–H groups in total. The Kier molecular flexibility index (Phi) is 4.21. The van der Waals surface area contributed by atoms with E-state index in [2.05, 4.69) is 25.6 Å². The van der Waals surface area contributed by atoms with Crippen LogP contribution in [0.2, 0.25) is 0 Å². The van der Waals surface area contributed by atoms with Crippen LogP contribution in [0.1, 0.15) is 21.5 Å². The number of hydrogen-bond acceptors (Lipinski definition) is 3. The number of halogens is 1. The highest BCUT2D eigenvalue weighted by Gasteiger charge is 2.13. The number of rotatable bonds is 4. The van der Waals surface area contributed by atoms with Crippen LogP contribution in [-0.2, 0) is 13.7 Å². The van der Waals surface area contributed by atoms with Gasteiger partial charge in [0, 0.05) is 46.6 Å². The zero-order valence-corrected chi connectivity index (χ0v) is 12.3. The number of nitrogens with one attached hydrogen (secondary N) is 1. The van der Waals surface area contributed by atoms with Crippen molar-refractivity contribution in [2.75, 3.05) is 0 Å². The van der Waals surface area contributed by atoms with Gasteiger partial charge in [-0.25, -0.2) is 0 Å². The van der Waals surface area contributed by atoms with E-state index < -0.39 is 0 Å². The van der Waals surface area contributed by atoms with Crippen LogP contribution in [0.3, 0.4) is 0 Å². The van der Waals surface area contributed by atoms with Crippen LogP contribution in [0.4, 0.5) is 0 Å². The number of amides is 1. The van der Waals surface area contributed by atoms with Crippen LogP contribution in [0.5, 0.6) is 5.88 Å². The summed E-state index contributed by atoms with van der Waals surface area (Å²) < 4.78 is 9.72. The highest BCUT2D eigenvalue weighted by Crippen LogP contribution is 2.17. The molecule has 0 aliphatic heterocycles. The molecule has 100 valence electrons. The highest BCUT2D eigenvalue weighted by atomic mass is 79.9. The number of nitrogens with zero attached hydrogens (tertiary/aromatic N) is 2. The first-order valence-corrected chi connectivity index (χ1v) is 6.53. The predicted octanol–water partition coefficient (Wildman–Crippen LogP) is 2.35. The average molecular weight is 324 g/mol. The molecule has 0 radical (unpaired) electrons. The van der Waals surface area contributed by atoms with Gasteiger partial charge in [-0.15, -0.1) is 5.10 Å². The SMILES string of the molecule is Cc1cccc(C(=O)NBr)c1COc1ccn(C)n1. The van der Waals surface area contributed by atoms with E-state index in [4.69, 9.17) is 4.74 Å². The second-order valence-electron chi connectivity index (χ2n) is 4.14. The summed E-state index contributed by atoms with van der Waals surface area (Å²) in [6.07, 6.45) is 1.80. The van der Waals surface area contributed by atoms with Crippen LogP contribution >= 0.6 is 16.1 Å². The first-order valence-electron chi connectivity index (χ1n) is 5.73. The van der Waals surface area contributed by atoms with E-state index in [1.54, 1.807) is 23.0 Å². The lowest BCUT2D eigenvalue weighted by Crippen LogP contribution is -2.16. The molecule has 1 aromatic carbocycles. The van der Waals surface area contributed by atoms with Gasteiger partial charge >= 0.3 is 0 Å². The Morgan fingerprint density at radius 2 is 2.26 bits per heavy atom. The van der Waals surface area contributed by atoms with Crippen molar-refractivity contribution in [2.24, 2.45) is 7.05 Å². The minimum absolute atomic E-state index is 0.191. The molecule has 0 spiro atoms. The van der Waals surface area contributed by atoms with Gasteiger partial charge in [0.2, 0.25) is 5.88 Å². The van der Waals surface area contributed by atoms with E-state index >= 15 is 0 Å². The predicted molar refractivity (Wildman–Crippen MR) is 75.1 cm³/mol. The summed E-state index contributed by atoms with van der Waals surface area (Å²) in [6.45, 7) is 2.25. The third kappa shape index (κ3) is 3.14. The maximum Gasteiger partial charge on any atom is 0.261 e. The van der Waals surface area contributed by atoms with Crippen molar-refractivity contribution < 1.29 is 9.53 Å². The molecule has 0 fully saturated rings. The molecule has 0 saturated heterocycles. The van der Waals surface area contributed by atoms with Crippen molar-refractivity contribution in [3.63, 3.8) is 0 Å². The average Bonchev–Trinajstić information content (AvgIpc) is 2.82. The van der Waals surface area contributed by atoms with E-state index in [9.17, 15) is 4.79 Å². The summed E-state index contributed by atoms with van der Waals surface area (Å²) in [5.74, 6) is 0.347. The van der Waals surface area contributed by atoms with Gasteiger partial charge in [-0.05, 0) is 18.6 Å². The first kappa shape index (κ1) is 13.6. The second kappa shape index (κ2) is 5.88. The molecule has 2 aromatic rings. The van der Waals surface area contributed by atoms with Gasteiger partial charge < -0.3 is 4.74 Å². The Morgan fingerprint density at radius 3 is 2.89 bits per heavy atom. The fourth-order valence-corrected chi connectivity index (χ4v) is 1.99. The van der Waals surface area contributed by atoms with Crippen molar-refractivity contribution in [1.29, 1.82) is 0 Å². The molecular weight excluding hydrogens is 310 g/mol. The number of ether oxygens (including phenoxy) is 1. The second-order valence-corrected chi connectivity index (χ2v) is 4.54. The van der Waals surface area contributed by atoms with E-state index in [0.29, 0.717) is 18.1 Å². The normalized spacial score (nSPS) is 10.3. The highest BCUT2D eigenvalue weighted by molar-refractivity contribution is 9.08. The maximum absolute atomic E-state index is 11.8. The smallest absolute Gasteiger partial charge is 0.261 e. The van der Waals surface area contributed by atoms with Gasteiger partial charge in [0.1, 0.15) is 6.61 Å². The van der Waals surface area contributed by atoms with Crippen LogP contribution in [0.15, 0.2) is 30.5 Å². The summed E-state index contributed by atoms with van der Waals surface area (Å²) in [7, 11) is 1.82. The molecule has 1 aromatic heterocycles. The molecule has 0 aliphatic rings. The molecule has 0 aliphatic carbocycles. The maximum atomic E-state index is 11.8. The van der Waals surface area contributed by atoms with Gasteiger partial charge in [0.25, 0.3) is 5.91 Å². The lowest BCUT2D eigenvalue weighted by atomic mass is 10.0. The van der Waals surface area contributed by atoms with Gasteiger partial charge in [0.15, 0.2) is 0 Å². The summed E-state index contributed by atoms with van der Waals surface area (Å²) >= 11 is 2.95. The number of carbonyl (C=O) groups excluding carboxylic acids is 1. The molecule has 0 atom stereocenters. The molecule has 1 amide bonds. The summed E-state index contributed by atoms with van der Waals surface area (Å²) in [5, 5.41) is 4.13. The molecule has 0 bridgehead atoms. The molecule has 1 heterocycles. The fourth-order valence-electron chi connectivity index (χ4n) is 1.77. The standard InChI is InChI=1S/C13H14BrN3O2/c1-9-4-3-5-10(13(18)15-14)11(9)8-19-12-6-7-17(2)16-12/h3-7H,8H2,1-2H3,(H,15,18). The Labute approximate surface area is 119 Å². The van der Waals surface area contributed by atoms with E-state index in [-0.39, 0.29) is 5.91 Å². The number of carbonyl (C=O) groups is 1. The van der Waals surface area contributed by atoms with E-state index in [1.807, 2.05) is 26.1 Å². The zero-order chi connectivity index (χ0) is 13.8. The first-order chi connectivity index (χ1) is 9.11. The molecule has 19 heavy (non-hydrogen) atoms. The van der Waals surface area contributed by atoms with Gasteiger partial charge in [-0.3, -0.25) is 13.8 Å². The van der Waals surface area contributed by atoms with Gasteiger partial charge in [-0.2, -0.15) is 0 Å². The Morgan fingerprint density at radius 1 is 1.47 bits per heavy atom. The van der Waals surface area contributed by atoms with Crippen molar-refractivity contribution in [3.8, 4) is 5.88 Å². The Hall–Kier alpha value is -1.82. The van der Waals surface area contributed by atoms with Crippen LogP contribution in [-0.4, -0.2) is 15.7 Å². The van der Waals surface area contributed by atoms with Crippen molar-refractivity contribution in [1.82, 2.24) is 14.1 Å². The third-order valence-electron chi connectivity index (χ3n) is 2.79. The number of benzene rings is 1. The van der Waals surface area contributed by atoms with Gasteiger partial charge in [-0.1, -0.05) is 12.1 Å². The summed E-state index contributed by atoms with van der Waals surface area (Å²) in [5.41, 5.74) is 2.45. The topological polar surface area (TPSA) is 56.1 Å². The molecule has 2 rings (SSSR count). The van der Waals surface area contributed by atoms with Crippen molar-refractivity contribution in [2.45, 2.75) is 13.5 Å². The van der Waals surface area contributed by atoms with Crippen LogP contribution < -0.4 is 9.08 Å². The molecule has 0 unspecified atom stereocenters. The quantitative estimate of drug-likeness (QED) is 0.879. The molecular formula is C13H14BrN3O2. The summed E-state index contributed by atoms with van der Waals surface area (Å²) in [4.78, 5) is 11.8. The molecule has 0 saturated carbocycles. The number of aryl methyl sites for hydroxylation is 2. The minimum Gasteiger partial charge on any atom is -0.472 e. The monoisotopic (exact) mass is 323 g/mol.